The van der Waals surface area contributed by atoms with Gasteiger partial charge in [0.2, 0.25) is 10.0 Å². The zero-order valence-electron chi connectivity index (χ0n) is 18.4. The molecule has 0 saturated carbocycles. The smallest absolute Gasteiger partial charge is 0.279 e. The molecule has 1 amide bonds. The van der Waals surface area contributed by atoms with Gasteiger partial charge in [-0.1, -0.05) is 48.1 Å². The van der Waals surface area contributed by atoms with E-state index in [0.29, 0.717) is 30.0 Å². The quantitative estimate of drug-likeness (QED) is 0.422. The Bertz CT molecular complexity index is 1510. The van der Waals surface area contributed by atoms with Crippen LogP contribution in [0.4, 0.5) is 0 Å². The predicted molar refractivity (Wildman–Crippen MR) is 132 cm³/mol. The molecule has 5 rings (SSSR count). The van der Waals surface area contributed by atoms with Crippen LogP contribution in [-0.4, -0.2) is 36.3 Å². The molecule has 6 nitrogen and oxygen atoms in total. The maximum Gasteiger partial charge on any atom is 0.279 e. The van der Waals surface area contributed by atoms with Gasteiger partial charge in [-0.05, 0) is 55.5 Å². The molecule has 0 unspecified atom stereocenters. The number of amides is 1. The number of hydrogen-bond acceptors (Lipinski definition) is 4. The molecular weight excluding hydrogens is 454 g/mol. The molecule has 1 aliphatic heterocycles. The molecule has 3 aromatic carbocycles. The van der Waals surface area contributed by atoms with Crippen LogP contribution in [0.1, 0.15) is 36.5 Å². The average Bonchev–Trinajstić information content (AvgIpc) is 3.22. The van der Waals surface area contributed by atoms with Gasteiger partial charge in [0.1, 0.15) is 0 Å². The van der Waals surface area contributed by atoms with Crippen LogP contribution in [0.15, 0.2) is 70.6 Å². The Labute approximate surface area is 196 Å². The fraction of sp³-hybridized carbons (Fsp3) is 0.280. The molecule has 2 heterocycles. The standard InChI is InChI=1S/C25H25N3O3S2/c1-2-28-22-15-12-18-8-4-5-9-21(18)23(22)32-25(28)26-24(29)19-10-13-20(14-11-19)33(30,31)27-16-6-3-7-17-27/h4-5,8-15H,2-3,6-7,16-17H2,1H3. The molecule has 1 saturated heterocycles. The van der Waals surface area contributed by atoms with Crippen LogP contribution in [0.3, 0.4) is 0 Å². The van der Waals surface area contributed by atoms with Crippen molar-refractivity contribution in [3.63, 3.8) is 0 Å². The first-order chi connectivity index (χ1) is 16.0. The first-order valence-electron chi connectivity index (χ1n) is 11.2. The summed E-state index contributed by atoms with van der Waals surface area (Å²) in [7, 11) is -3.52. The summed E-state index contributed by atoms with van der Waals surface area (Å²) in [6.07, 6.45) is 2.83. The summed E-state index contributed by atoms with van der Waals surface area (Å²) in [4.78, 5) is 18.2. The Kier molecular flexibility index (Phi) is 5.90. The molecule has 8 heteroatoms. The number of aryl methyl sites for hydroxylation is 1. The summed E-state index contributed by atoms with van der Waals surface area (Å²) in [6, 6.07) is 18.5. The van der Waals surface area contributed by atoms with Crippen molar-refractivity contribution < 1.29 is 13.2 Å². The number of fused-ring (bicyclic) bond motifs is 3. The van der Waals surface area contributed by atoms with Gasteiger partial charge < -0.3 is 4.57 Å². The van der Waals surface area contributed by atoms with Crippen LogP contribution in [0.25, 0.3) is 21.0 Å². The summed E-state index contributed by atoms with van der Waals surface area (Å²) in [6.45, 7) is 3.83. The summed E-state index contributed by atoms with van der Waals surface area (Å²) >= 11 is 1.50. The van der Waals surface area contributed by atoms with E-state index in [2.05, 4.69) is 29.3 Å². The SMILES string of the molecule is CCn1c(=NC(=O)c2ccc(S(=O)(=O)N3CCCCC3)cc2)sc2c3ccccc3ccc21. The van der Waals surface area contributed by atoms with E-state index < -0.39 is 10.0 Å². The zero-order valence-corrected chi connectivity index (χ0v) is 20.0. The summed E-state index contributed by atoms with van der Waals surface area (Å²) in [5.74, 6) is -0.380. The minimum atomic E-state index is -3.52. The molecular formula is C25H25N3O3S2. The van der Waals surface area contributed by atoms with Crippen LogP contribution < -0.4 is 4.80 Å². The highest BCUT2D eigenvalue weighted by Crippen LogP contribution is 2.27. The van der Waals surface area contributed by atoms with Crippen LogP contribution in [0.2, 0.25) is 0 Å². The zero-order chi connectivity index (χ0) is 23.0. The largest absolute Gasteiger partial charge is 0.317 e. The number of rotatable bonds is 4. The lowest BCUT2D eigenvalue weighted by molar-refractivity contribution is 0.0997. The highest BCUT2D eigenvalue weighted by Gasteiger charge is 2.26. The number of carbonyl (C=O) groups excluding carboxylic acids is 1. The topological polar surface area (TPSA) is 71.7 Å². The monoisotopic (exact) mass is 479 g/mol. The van der Waals surface area contributed by atoms with Crippen molar-refractivity contribution in [2.75, 3.05) is 13.1 Å². The number of hydrogen-bond donors (Lipinski definition) is 0. The second kappa shape index (κ2) is 8.85. The lowest BCUT2D eigenvalue weighted by Crippen LogP contribution is -2.35. The van der Waals surface area contributed by atoms with E-state index >= 15 is 0 Å². The second-order valence-corrected chi connectivity index (χ2v) is 11.1. The summed E-state index contributed by atoms with van der Waals surface area (Å²) in [5.41, 5.74) is 1.42. The van der Waals surface area contributed by atoms with Crippen molar-refractivity contribution >= 4 is 48.3 Å². The summed E-state index contributed by atoms with van der Waals surface area (Å²) in [5, 5.41) is 2.29. The van der Waals surface area contributed by atoms with Gasteiger partial charge >= 0.3 is 0 Å². The van der Waals surface area contributed by atoms with E-state index in [0.717, 1.165) is 40.3 Å². The van der Waals surface area contributed by atoms with Gasteiger partial charge in [-0.25, -0.2) is 8.42 Å². The van der Waals surface area contributed by atoms with Gasteiger partial charge in [0.25, 0.3) is 5.91 Å². The number of aromatic nitrogens is 1. The first-order valence-corrected chi connectivity index (χ1v) is 13.4. The van der Waals surface area contributed by atoms with Gasteiger partial charge in [0.15, 0.2) is 4.80 Å². The van der Waals surface area contributed by atoms with Crippen molar-refractivity contribution in [3.8, 4) is 0 Å². The van der Waals surface area contributed by atoms with Gasteiger partial charge in [-0.2, -0.15) is 9.30 Å². The van der Waals surface area contributed by atoms with Gasteiger partial charge in [-0.15, -0.1) is 0 Å². The molecule has 0 atom stereocenters. The Hall–Kier alpha value is -2.81. The second-order valence-electron chi connectivity index (χ2n) is 8.17. The Morgan fingerprint density at radius 1 is 0.970 bits per heavy atom. The number of piperidine rings is 1. The molecule has 0 aliphatic carbocycles. The molecule has 1 aliphatic rings. The summed E-state index contributed by atoms with van der Waals surface area (Å²) < 4.78 is 30.4. The minimum Gasteiger partial charge on any atom is -0.317 e. The normalized spacial score (nSPS) is 16.0. The molecule has 33 heavy (non-hydrogen) atoms. The highest BCUT2D eigenvalue weighted by atomic mass is 32.2. The molecule has 1 aromatic heterocycles. The average molecular weight is 480 g/mol. The number of nitrogens with zero attached hydrogens (tertiary/aromatic N) is 3. The third-order valence-corrected chi connectivity index (χ3v) is 9.18. The fourth-order valence-corrected chi connectivity index (χ4v) is 7.11. The van der Waals surface area contributed by atoms with Crippen LogP contribution in [0.5, 0.6) is 0 Å². The van der Waals surface area contributed by atoms with E-state index in [1.54, 1.807) is 12.1 Å². The molecule has 4 aromatic rings. The van der Waals surface area contributed by atoms with E-state index in [1.165, 1.54) is 27.8 Å². The Morgan fingerprint density at radius 2 is 1.70 bits per heavy atom. The highest BCUT2D eigenvalue weighted by molar-refractivity contribution is 7.89. The molecule has 1 fully saturated rings. The van der Waals surface area contributed by atoms with E-state index in [9.17, 15) is 13.2 Å². The maximum absolute atomic E-state index is 13.0. The lowest BCUT2D eigenvalue weighted by Gasteiger charge is -2.25. The van der Waals surface area contributed by atoms with E-state index in [-0.39, 0.29) is 10.8 Å². The molecule has 0 spiro atoms. The number of thiazole rings is 1. The minimum absolute atomic E-state index is 0.220. The van der Waals surface area contributed by atoms with E-state index in [1.807, 2.05) is 23.6 Å². The Morgan fingerprint density at radius 3 is 2.42 bits per heavy atom. The van der Waals surface area contributed by atoms with E-state index in [4.69, 9.17) is 0 Å². The van der Waals surface area contributed by atoms with Gasteiger partial charge in [0.05, 0.1) is 15.1 Å². The van der Waals surface area contributed by atoms with Crippen molar-refractivity contribution in [2.45, 2.75) is 37.6 Å². The number of carbonyl (C=O) groups is 1. The number of sulfonamides is 1. The predicted octanol–water partition coefficient (Wildman–Crippen LogP) is 4.79. The lowest BCUT2D eigenvalue weighted by atomic mass is 10.1. The Balaban J connectivity index is 1.50. The molecule has 170 valence electrons. The van der Waals surface area contributed by atoms with Crippen LogP contribution in [0, 0.1) is 0 Å². The van der Waals surface area contributed by atoms with Crippen LogP contribution in [-0.2, 0) is 16.6 Å². The van der Waals surface area contributed by atoms with Gasteiger partial charge in [-0.3, -0.25) is 4.79 Å². The maximum atomic E-state index is 13.0. The first kappa shape index (κ1) is 22.0. The number of benzene rings is 3. The molecule has 0 radical (unpaired) electrons. The van der Waals surface area contributed by atoms with Crippen molar-refractivity contribution in [1.29, 1.82) is 0 Å². The molecule has 0 N–H and O–H groups in total. The third kappa shape index (κ3) is 4.03. The van der Waals surface area contributed by atoms with Crippen LogP contribution >= 0.6 is 11.3 Å². The fourth-order valence-electron chi connectivity index (χ4n) is 4.36. The molecule has 0 bridgehead atoms. The van der Waals surface area contributed by atoms with Crippen molar-refractivity contribution in [1.82, 2.24) is 8.87 Å². The van der Waals surface area contributed by atoms with Gasteiger partial charge in [0, 0.05) is 30.6 Å². The van der Waals surface area contributed by atoms with Crippen molar-refractivity contribution in [3.05, 3.63) is 71.0 Å². The van der Waals surface area contributed by atoms with Crippen molar-refractivity contribution in [2.24, 2.45) is 4.99 Å². The third-order valence-electron chi connectivity index (χ3n) is 6.14.